The molecule has 0 aromatic heterocycles. The first-order valence-corrected chi connectivity index (χ1v) is 12.2. The van der Waals surface area contributed by atoms with E-state index < -0.39 is 6.04 Å². The predicted octanol–water partition coefficient (Wildman–Crippen LogP) is 5.10. The summed E-state index contributed by atoms with van der Waals surface area (Å²) in [6.45, 7) is 6.34. The summed E-state index contributed by atoms with van der Waals surface area (Å²) in [6.07, 6.45) is 1.49. The highest BCUT2D eigenvalue weighted by atomic mass is 16.5. The molecule has 0 unspecified atom stereocenters. The molecule has 35 heavy (non-hydrogen) atoms. The third-order valence-corrected chi connectivity index (χ3v) is 6.36. The fourth-order valence-corrected chi connectivity index (χ4v) is 4.04. The van der Waals surface area contributed by atoms with Crippen LogP contribution in [0.25, 0.3) is 0 Å². The summed E-state index contributed by atoms with van der Waals surface area (Å²) in [5.74, 6) is 0.504. The Morgan fingerprint density at radius 3 is 2.31 bits per heavy atom. The second kappa shape index (κ2) is 12.7. The van der Waals surface area contributed by atoms with Gasteiger partial charge in [0, 0.05) is 19.0 Å². The largest absolute Gasteiger partial charge is 0.497 e. The number of benzene rings is 3. The fourth-order valence-electron chi connectivity index (χ4n) is 4.04. The van der Waals surface area contributed by atoms with Crippen LogP contribution in [0.15, 0.2) is 78.9 Å². The van der Waals surface area contributed by atoms with Gasteiger partial charge in [0.05, 0.1) is 13.5 Å². The molecule has 0 fully saturated rings. The van der Waals surface area contributed by atoms with Crippen LogP contribution in [0.3, 0.4) is 0 Å². The molecular weight excluding hydrogens is 436 g/mol. The molecule has 0 aliphatic heterocycles. The van der Waals surface area contributed by atoms with Gasteiger partial charge in [0.15, 0.2) is 0 Å². The number of rotatable bonds is 11. The van der Waals surface area contributed by atoms with Crippen LogP contribution in [0.4, 0.5) is 0 Å². The minimum atomic E-state index is -0.644. The number of amides is 2. The lowest BCUT2D eigenvalue weighted by atomic mass is 10.00. The lowest BCUT2D eigenvalue weighted by Gasteiger charge is -2.32. The Bertz CT molecular complexity index is 1110. The molecule has 0 aliphatic carbocycles. The molecule has 5 nitrogen and oxygen atoms in total. The Hall–Kier alpha value is -3.60. The summed E-state index contributed by atoms with van der Waals surface area (Å²) >= 11 is 0. The van der Waals surface area contributed by atoms with E-state index in [9.17, 15) is 9.59 Å². The van der Waals surface area contributed by atoms with Crippen LogP contribution in [0.1, 0.15) is 42.5 Å². The van der Waals surface area contributed by atoms with Crippen LogP contribution in [-0.2, 0) is 29.0 Å². The van der Waals surface area contributed by atoms with Gasteiger partial charge in [-0.1, -0.05) is 73.7 Å². The molecule has 3 aromatic rings. The first kappa shape index (κ1) is 26.0. The monoisotopic (exact) mass is 472 g/mol. The number of hydrogen-bond donors (Lipinski definition) is 1. The van der Waals surface area contributed by atoms with Crippen LogP contribution in [-0.4, -0.2) is 35.9 Å². The van der Waals surface area contributed by atoms with Crippen LogP contribution < -0.4 is 10.1 Å². The molecule has 3 rings (SSSR count). The minimum absolute atomic E-state index is 0.0194. The van der Waals surface area contributed by atoms with Crippen molar-refractivity contribution in [1.29, 1.82) is 0 Å². The predicted molar refractivity (Wildman–Crippen MR) is 140 cm³/mol. The number of nitrogens with one attached hydrogen (secondary N) is 1. The van der Waals surface area contributed by atoms with Crippen molar-refractivity contribution < 1.29 is 14.3 Å². The number of carbonyl (C=O) groups is 2. The van der Waals surface area contributed by atoms with Gasteiger partial charge in [-0.05, 0) is 54.7 Å². The summed E-state index contributed by atoms with van der Waals surface area (Å²) in [4.78, 5) is 29.1. The Morgan fingerprint density at radius 2 is 1.63 bits per heavy atom. The molecule has 184 valence electrons. The van der Waals surface area contributed by atoms with E-state index in [4.69, 9.17) is 4.74 Å². The van der Waals surface area contributed by atoms with Crippen LogP contribution in [0, 0.1) is 6.92 Å². The normalized spacial score (nSPS) is 12.5. The number of hydrogen-bond acceptors (Lipinski definition) is 3. The first-order chi connectivity index (χ1) is 16.9. The zero-order valence-electron chi connectivity index (χ0n) is 21.2. The van der Waals surface area contributed by atoms with E-state index in [0.717, 1.165) is 34.4 Å². The zero-order chi connectivity index (χ0) is 25.2. The maximum atomic E-state index is 13.8. The van der Waals surface area contributed by atoms with Gasteiger partial charge in [0.1, 0.15) is 11.8 Å². The Balaban J connectivity index is 1.99. The molecule has 1 N–H and O–H groups in total. The van der Waals surface area contributed by atoms with Crippen LogP contribution in [0.2, 0.25) is 0 Å². The van der Waals surface area contributed by atoms with Crippen molar-refractivity contribution in [2.45, 2.75) is 58.7 Å². The van der Waals surface area contributed by atoms with E-state index >= 15 is 0 Å². The Morgan fingerprint density at radius 1 is 0.943 bits per heavy atom. The van der Waals surface area contributed by atoms with Gasteiger partial charge >= 0.3 is 0 Å². The molecule has 0 saturated heterocycles. The second-order valence-corrected chi connectivity index (χ2v) is 9.00. The number of nitrogens with zero attached hydrogens (tertiary/aromatic N) is 1. The van der Waals surface area contributed by atoms with Crippen molar-refractivity contribution in [3.8, 4) is 5.75 Å². The van der Waals surface area contributed by atoms with Gasteiger partial charge in [-0.15, -0.1) is 0 Å². The highest BCUT2D eigenvalue weighted by molar-refractivity contribution is 5.89. The van der Waals surface area contributed by atoms with Crippen LogP contribution >= 0.6 is 0 Å². The first-order valence-electron chi connectivity index (χ1n) is 12.2. The molecule has 0 bridgehead atoms. The SMILES string of the molecule is CC[C@H](C)NC(=O)[C@@H](Cc1ccccc1)N(Cc1cccc(OC)c1)C(=O)Cc1ccccc1C. The van der Waals surface area contributed by atoms with Gasteiger partial charge < -0.3 is 15.0 Å². The number of aryl methyl sites for hydroxylation is 1. The lowest BCUT2D eigenvalue weighted by molar-refractivity contribution is -0.141. The number of methoxy groups -OCH3 is 1. The fraction of sp³-hybridized carbons (Fsp3) is 0.333. The average Bonchev–Trinajstić information content (AvgIpc) is 2.88. The summed E-state index contributed by atoms with van der Waals surface area (Å²) < 4.78 is 5.40. The highest BCUT2D eigenvalue weighted by Crippen LogP contribution is 2.20. The maximum absolute atomic E-state index is 13.8. The molecular formula is C30H36N2O3. The summed E-state index contributed by atoms with van der Waals surface area (Å²) in [7, 11) is 1.62. The quantitative estimate of drug-likeness (QED) is 0.422. The van der Waals surface area contributed by atoms with Gasteiger partial charge in [-0.2, -0.15) is 0 Å². The smallest absolute Gasteiger partial charge is 0.243 e. The van der Waals surface area contributed by atoms with Crippen molar-refractivity contribution in [3.63, 3.8) is 0 Å². The van der Waals surface area contributed by atoms with Gasteiger partial charge in [0.25, 0.3) is 0 Å². The molecule has 0 heterocycles. The topological polar surface area (TPSA) is 58.6 Å². The molecule has 3 aromatic carbocycles. The van der Waals surface area contributed by atoms with Gasteiger partial charge in [-0.3, -0.25) is 9.59 Å². The summed E-state index contributed by atoms with van der Waals surface area (Å²) in [6, 6.07) is 24.8. The van der Waals surface area contributed by atoms with Crippen molar-refractivity contribution in [2.75, 3.05) is 7.11 Å². The summed E-state index contributed by atoms with van der Waals surface area (Å²) in [5, 5.41) is 3.11. The Labute approximate surface area is 209 Å². The third-order valence-electron chi connectivity index (χ3n) is 6.36. The zero-order valence-corrected chi connectivity index (χ0v) is 21.2. The summed E-state index contributed by atoms with van der Waals surface area (Å²) in [5.41, 5.74) is 3.95. The standard InChI is InChI=1S/C30H36N2O3/c1-5-23(3)31-30(34)28(19-24-13-7-6-8-14-24)32(21-25-15-11-17-27(18-25)35-4)29(33)20-26-16-10-9-12-22(26)2/h6-18,23,28H,5,19-21H2,1-4H3,(H,31,34)/t23-,28+/m0/s1. The third kappa shape index (κ3) is 7.44. The number of carbonyl (C=O) groups excluding carboxylic acids is 2. The second-order valence-electron chi connectivity index (χ2n) is 9.00. The molecule has 2 amide bonds. The van der Waals surface area contributed by atoms with Crippen LogP contribution in [0.5, 0.6) is 5.75 Å². The van der Waals surface area contributed by atoms with E-state index in [0.29, 0.717) is 13.0 Å². The van der Waals surface area contributed by atoms with Crippen molar-refractivity contribution in [3.05, 3.63) is 101 Å². The van der Waals surface area contributed by atoms with E-state index in [2.05, 4.69) is 5.32 Å². The average molecular weight is 473 g/mol. The van der Waals surface area contributed by atoms with E-state index in [1.165, 1.54) is 0 Å². The Kier molecular flexibility index (Phi) is 9.47. The van der Waals surface area contributed by atoms with E-state index in [1.54, 1.807) is 12.0 Å². The van der Waals surface area contributed by atoms with Crippen molar-refractivity contribution >= 4 is 11.8 Å². The van der Waals surface area contributed by atoms with Crippen molar-refractivity contribution in [2.24, 2.45) is 0 Å². The molecule has 2 atom stereocenters. The molecule has 0 radical (unpaired) electrons. The lowest BCUT2D eigenvalue weighted by Crippen LogP contribution is -2.52. The highest BCUT2D eigenvalue weighted by Gasteiger charge is 2.31. The van der Waals surface area contributed by atoms with Gasteiger partial charge in [0.2, 0.25) is 11.8 Å². The maximum Gasteiger partial charge on any atom is 0.243 e. The number of ether oxygens (including phenoxy) is 1. The van der Waals surface area contributed by atoms with E-state index in [-0.39, 0.29) is 24.3 Å². The minimum Gasteiger partial charge on any atom is -0.497 e. The van der Waals surface area contributed by atoms with Crippen molar-refractivity contribution in [1.82, 2.24) is 10.2 Å². The molecule has 5 heteroatoms. The molecule has 0 saturated carbocycles. The van der Waals surface area contributed by atoms with E-state index in [1.807, 2.05) is 99.6 Å². The molecule has 0 spiro atoms. The molecule has 0 aliphatic rings. The van der Waals surface area contributed by atoms with Gasteiger partial charge in [-0.25, -0.2) is 0 Å².